The van der Waals surface area contributed by atoms with E-state index >= 15 is 0 Å². The minimum Gasteiger partial charge on any atom is -0.461 e. The van der Waals surface area contributed by atoms with E-state index in [2.05, 4.69) is 77.0 Å². The third kappa shape index (κ3) is 5.43. The number of aromatic nitrogens is 4. The number of carbonyl (C=O) groups is 1. The van der Waals surface area contributed by atoms with Crippen molar-refractivity contribution in [3.05, 3.63) is 53.6 Å². The van der Waals surface area contributed by atoms with E-state index in [4.69, 9.17) is 4.42 Å². The van der Waals surface area contributed by atoms with E-state index in [1.54, 1.807) is 6.26 Å². The fraction of sp³-hybridized carbons (Fsp3) is 0.467. The van der Waals surface area contributed by atoms with Crippen LogP contribution in [0.4, 0.5) is 5.13 Å². The number of fused-ring (bicyclic) bond motifs is 2. The van der Waals surface area contributed by atoms with Gasteiger partial charge in [-0.3, -0.25) is 9.36 Å². The molecule has 2 saturated carbocycles. The molecule has 0 radical (unpaired) electrons. The molecule has 1 N–H and O–H groups in total. The number of thioether (sulfide) groups is 1. The maximum atomic E-state index is 12.9. The van der Waals surface area contributed by atoms with Gasteiger partial charge < -0.3 is 9.73 Å². The quantitative estimate of drug-likeness (QED) is 0.222. The summed E-state index contributed by atoms with van der Waals surface area (Å²) in [5.41, 5.74) is 3.30. The molecule has 2 bridgehead atoms. The maximum absolute atomic E-state index is 12.9. The van der Waals surface area contributed by atoms with Crippen molar-refractivity contribution < 1.29 is 9.21 Å². The second-order valence-electron chi connectivity index (χ2n) is 11.9. The molecule has 2 fully saturated rings. The number of thiazole rings is 1. The first kappa shape index (κ1) is 26.3. The third-order valence-electron chi connectivity index (χ3n) is 8.36. The second kappa shape index (κ2) is 10.6. The van der Waals surface area contributed by atoms with Crippen molar-refractivity contribution in [2.24, 2.45) is 17.8 Å². The van der Waals surface area contributed by atoms with E-state index in [1.165, 1.54) is 54.3 Å². The molecule has 1 aromatic carbocycles. The minimum absolute atomic E-state index is 0.106. The predicted molar refractivity (Wildman–Crippen MR) is 157 cm³/mol. The van der Waals surface area contributed by atoms with Crippen LogP contribution < -0.4 is 5.32 Å². The summed E-state index contributed by atoms with van der Waals surface area (Å²) in [7, 11) is 0. The lowest BCUT2D eigenvalue weighted by molar-refractivity contribution is -0.113. The Labute approximate surface area is 237 Å². The number of carbonyl (C=O) groups excluding carboxylic acids is 1. The number of amides is 1. The Morgan fingerprint density at radius 3 is 2.67 bits per heavy atom. The number of nitrogens with one attached hydrogen (secondary N) is 1. The molecular formula is C30H35N5O2S2. The van der Waals surface area contributed by atoms with Crippen LogP contribution in [0.1, 0.15) is 65.0 Å². The lowest BCUT2D eigenvalue weighted by Gasteiger charge is -2.30. The van der Waals surface area contributed by atoms with Gasteiger partial charge in [-0.25, -0.2) is 4.98 Å². The summed E-state index contributed by atoms with van der Waals surface area (Å²) in [6.45, 7) is 8.89. The van der Waals surface area contributed by atoms with Crippen LogP contribution in [-0.4, -0.2) is 31.4 Å². The Kier molecular flexibility index (Phi) is 7.14. The summed E-state index contributed by atoms with van der Waals surface area (Å²) >= 11 is 2.86. The number of anilines is 1. The van der Waals surface area contributed by atoms with E-state index in [9.17, 15) is 4.79 Å². The molecule has 2 aliphatic carbocycles. The average molecular weight is 562 g/mol. The van der Waals surface area contributed by atoms with Crippen LogP contribution in [0.2, 0.25) is 0 Å². The van der Waals surface area contributed by atoms with Crippen molar-refractivity contribution in [1.82, 2.24) is 19.7 Å². The molecular weight excluding hydrogens is 526 g/mol. The predicted octanol–water partition coefficient (Wildman–Crippen LogP) is 7.69. The van der Waals surface area contributed by atoms with Gasteiger partial charge in [-0.05, 0) is 67.1 Å². The number of benzene rings is 1. The van der Waals surface area contributed by atoms with Gasteiger partial charge in [-0.15, -0.1) is 21.5 Å². The normalized spacial score (nSPS) is 21.4. The molecule has 0 unspecified atom stereocenters. The van der Waals surface area contributed by atoms with Gasteiger partial charge in [-0.1, -0.05) is 63.2 Å². The number of nitrogens with zero attached hydrogens (tertiary/aromatic N) is 4. The Morgan fingerprint density at radius 2 is 2.00 bits per heavy atom. The molecule has 1 amide bonds. The van der Waals surface area contributed by atoms with Crippen LogP contribution >= 0.6 is 23.1 Å². The van der Waals surface area contributed by atoms with Gasteiger partial charge >= 0.3 is 0 Å². The SMILES string of the molecule is C[C@H]([C@H]1C[C@@H]2CC[C@@H]1C2)n1c(SCC(=O)Nc2nc(-c3ccc(C(C)(C)C)cc3)cs2)nnc1-c1ccco1. The van der Waals surface area contributed by atoms with E-state index in [1.807, 2.05) is 17.5 Å². The zero-order chi connectivity index (χ0) is 27.1. The Bertz CT molecular complexity index is 1430. The first-order chi connectivity index (χ1) is 18.8. The zero-order valence-electron chi connectivity index (χ0n) is 22.9. The van der Waals surface area contributed by atoms with Gasteiger partial charge in [0.2, 0.25) is 11.7 Å². The molecule has 0 aliphatic heterocycles. The number of furan rings is 1. The van der Waals surface area contributed by atoms with E-state index < -0.39 is 0 Å². The van der Waals surface area contributed by atoms with E-state index in [0.29, 0.717) is 16.8 Å². The summed E-state index contributed by atoms with van der Waals surface area (Å²) in [6, 6.07) is 12.5. The molecule has 9 heteroatoms. The molecule has 2 aliphatic rings. The van der Waals surface area contributed by atoms with Crippen LogP contribution in [0.25, 0.3) is 22.8 Å². The highest BCUT2D eigenvalue weighted by Crippen LogP contribution is 2.53. The fourth-order valence-electron chi connectivity index (χ4n) is 6.28. The standard InChI is InChI=1S/C30H35N5O2S2/c1-18(23-15-19-7-8-21(23)14-19)35-27(25-6-5-13-37-25)33-34-29(35)39-17-26(36)32-28-31-24(16-38-28)20-9-11-22(12-10-20)30(2,3)4/h5-6,9-13,16,18-19,21,23H,7-8,14-15,17H2,1-4H3,(H,31,32,36)/t18-,19-,21-,23-/m1/s1. The van der Waals surface area contributed by atoms with Crippen molar-refractivity contribution in [1.29, 1.82) is 0 Å². The smallest absolute Gasteiger partial charge is 0.236 e. The first-order valence-electron chi connectivity index (χ1n) is 13.7. The van der Waals surface area contributed by atoms with Gasteiger partial charge in [0.1, 0.15) is 0 Å². The topological polar surface area (TPSA) is 85.8 Å². The number of hydrogen-bond acceptors (Lipinski definition) is 7. The molecule has 0 spiro atoms. The number of rotatable bonds is 8. The number of hydrogen-bond donors (Lipinski definition) is 1. The highest BCUT2D eigenvalue weighted by molar-refractivity contribution is 7.99. The van der Waals surface area contributed by atoms with Gasteiger partial charge in [0, 0.05) is 17.0 Å². The monoisotopic (exact) mass is 561 g/mol. The van der Waals surface area contributed by atoms with Crippen molar-refractivity contribution in [3.63, 3.8) is 0 Å². The van der Waals surface area contributed by atoms with Crippen molar-refractivity contribution in [3.8, 4) is 22.8 Å². The summed E-state index contributed by atoms with van der Waals surface area (Å²) < 4.78 is 7.90. The fourth-order valence-corrected chi connectivity index (χ4v) is 7.84. The summed E-state index contributed by atoms with van der Waals surface area (Å²) in [5.74, 6) is 3.79. The Balaban J connectivity index is 1.13. The minimum atomic E-state index is -0.106. The lowest BCUT2D eigenvalue weighted by atomic mass is 9.84. The van der Waals surface area contributed by atoms with Crippen LogP contribution in [0.5, 0.6) is 0 Å². The summed E-state index contributed by atoms with van der Waals surface area (Å²) in [4.78, 5) is 17.6. The van der Waals surface area contributed by atoms with Gasteiger partial charge in [-0.2, -0.15) is 0 Å². The van der Waals surface area contributed by atoms with Crippen molar-refractivity contribution in [2.45, 2.75) is 70.0 Å². The molecule has 3 aromatic heterocycles. The lowest BCUT2D eigenvalue weighted by Crippen LogP contribution is -2.23. The van der Waals surface area contributed by atoms with Crippen LogP contribution in [0.3, 0.4) is 0 Å². The molecule has 204 valence electrons. The summed E-state index contributed by atoms with van der Waals surface area (Å²) in [5, 5.41) is 15.3. The van der Waals surface area contributed by atoms with E-state index in [0.717, 1.165) is 34.1 Å². The molecule has 4 aromatic rings. The molecule has 0 saturated heterocycles. The Morgan fingerprint density at radius 1 is 1.18 bits per heavy atom. The first-order valence-corrected chi connectivity index (χ1v) is 15.6. The van der Waals surface area contributed by atoms with Crippen LogP contribution in [0, 0.1) is 17.8 Å². The van der Waals surface area contributed by atoms with Crippen LogP contribution in [-0.2, 0) is 10.2 Å². The van der Waals surface area contributed by atoms with Crippen molar-refractivity contribution >= 4 is 34.1 Å². The summed E-state index contributed by atoms with van der Waals surface area (Å²) in [6.07, 6.45) is 6.95. The van der Waals surface area contributed by atoms with Gasteiger partial charge in [0.15, 0.2) is 16.0 Å². The zero-order valence-corrected chi connectivity index (χ0v) is 24.5. The second-order valence-corrected chi connectivity index (χ2v) is 13.7. The van der Waals surface area contributed by atoms with Crippen LogP contribution in [0.15, 0.2) is 57.6 Å². The highest BCUT2D eigenvalue weighted by atomic mass is 32.2. The van der Waals surface area contributed by atoms with Gasteiger partial charge in [0.25, 0.3) is 0 Å². The maximum Gasteiger partial charge on any atom is 0.236 e. The molecule has 3 heterocycles. The highest BCUT2D eigenvalue weighted by Gasteiger charge is 2.43. The third-order valence-corrected chi connectivity index (χ3v) is 10.1. The molecule has 6 rings (SSSR count). The Hall–Kier alpha value is -2.91. The van der Waals surface area contributed by atoms with Gasteiger partial charge in [0.05, 0.1) is 17.7 Å². The van der Waals surface area contributed by atoms with Crippen molar-refractivity contribution in [2.75, 3.05) is 11.1 Å². The average Bonchev–Trinajstić information content (AvgIpc) is 3.75. The molecule has 7 nitrogen and oxygen atoms in total. The molecule has 39 heavy (non-hydrogen) atoms. The largest absolute Gasteiger partial charge is 0.461 e. The molecule has 4 atom stereocenters. The van der Waals surface area contributed by atoms with E-state index in [-0.39, 0.29) is 23.1 Å².